The number of hydrogen-bond acceptors (Lipinski definition) is 5. The van der Waals surface area contributed by atoms with Crippen LogP contribution in [0, 0.1) is 12.8 Å². The summed E-state index contributed by atoms with van der Waals surface area (Å²) in [5.41, 5.74) is 0.909. The Morgan fingerprint density at radius 2 is 2.12 bits per heavy atom. The van der Waals surface area contributed by atoms with Gasteiger partial charge in [-0.2, -0.15) is 4.98 Å². The highest BCUT2D eigenvalue weighted by Crippen LogP contribution is 2.12. The molecule has 0 fully saturated rings. The molecule has 0 bridgehead atoms. The van der Waals surface area contributed by atoms with Crippen molar-refractivity contribution in [3.05, 3.63) is 11.8 Å². The zero-order valence-corrected chi connectivity index (χ0v) is 11.1. The zero-order valence-electron chi connectivity index (χ0n) is 11.1. The Morgan fingerprint density at radius 1 is 1.35 bits per heavy atom. The van der Waals surface area contributed by atoms with Crippen LogP contribution in [0.1, 0.15) is 19.5 Å². The summed E-state index contributed by atoms with van der Waals surface area (Å²) in [4.78, 5) is 8.62. The fourth-order valence-corrected chi connectivity index (χ4v) is 1.53. The van der Waals surface area contributed by atoms with E-state index < -0.39 is 0 Å². The molecule has 1 aromatic rings. The Labute approximate surface area is 103 Å². The van der Waals surface area contributed by atoms with Crippen LogP contribution in [0.25, 0.3) is 0 Å². The van der Waals surface area contributed by atoms with Crippen LogP contribution < -0.4 is 15.4 Å². The van der Waals surface area contributed by atoms with Crippen molar-refractivity contribution >= 4 is 5.95 Å². The number of rotatable bonds is 7. The predicted octanol–water partition coefficient (Wildman–Crippen LogP) is 1.45. The maximum absolute atomic E-state index is 5.38. The molecule has 0 aliphatic rings. The molecule has 5 nitrogen and oxygen atoms in total. The van der Waals surface area contributed by atoms with Crippen LogP contribution in [-0.4, -0.2) is 36.7 Å². The number of hydrogen-bond donors (Lipinski definition) is 2. The third-order valence-electron chi connectivity index (χ3n) is 2.28. The van der Waals surface area contributed by atoms with Crippen LogP contribution >= 0.6 is 0 Å². The molecule has 17 heavy (non-hydrogen) atoms. The first kappa shape index (κ1) is 13.7. The Bertz CT molecular complexity index is 343. The average Bonchev–Trinajstić information content (AvgIpc) is 2.26. The first-order valence-corrected chi connectivity index (χ1v) is 6.02. The third kappa shape index (κ3) is 4.99. The van der Waals surface area contributed by atoms with Gasteiger partial charge in [0.05, 0.1) is 6.61 Å². The number of ether oxygens (including phenoxy) is 1. The first-order valence-electron chi connectivity index (χ1n) is 6.02. The minimum Gasteiger partial charge on any atom is -0.478 e. The Morgan fingerprint density at radius 3 is 2.76 bits per heavy atom. The molecule has 0 radical (unpaired) electrons. The smallest absolute Gasteiger partial charge is 0.226 e. The summed E-state index contributed by atoms with van der Waals surface area (Å²) in [6, 6.07) is 1.84. The van der Waals surface area contributed by atoms with E-state index in [1.807, 2.05) is 27.0 Å². The second kappa shape index (κ2) is 7.06. The molecule has 96 valence electrons. The van der Waals surface area contributed by atoms with Gasteiger partial charge in [-0.3, -0.25) is 0 Å². The largest absolute Gasteiger partial charge is 0.478 e. The number of aryl methyl sites for hydroxylation is 1. The fraction of sp³-hybridized carbons (Fsp3) is 0.667. The SMILES string of the molecule is CCOc1cc(C)nc(NCC(C)CNC)n1. The van der Waals surface area contributed by atoms with Gasteiger partial charge in [0.1, 0.15) is 0 Å². The van der Waals surface area contributed by atoms with Gasteiger partial charge in [0.15, 0.2) is 0 Å². The molecule has 0 aromatic carbocycles. The number of nitrogens with zero attached hydrogens (tertiary/aromatic N) is 2. The normalized spacial score (nSPS) is 12.2. The van der Waals surface area contributed by atoms with Crippen LogP contribution in [0.4, 0.5) is 5.95 Å². The number of aromatic nitrogens is 2. The second-order valence-electron chi connectivity index (χ2n) is 4.15. The van der Waals surface area contributed by atoms with E-state index in [0.29, 0.717) is 24.4 Å². The molecule has 5 heteroatoms. The van der Waals surface area contributed by atoms with E-state index in [4.69, 9.17) is 4.74 Å². The molecule has 1 unspecified atom stereocenters. The van der Waals surface area contributed by atoms with Crippen molar-refractivity contribution in [1.29, 1.82) is 0 Å². The standard InChI is InChI=1S/C12H22N4O/c1-5-17-11-6-10(3)15-12(16-11)14-8-9(2)7-13-4/h6,9,13H,5,7-8H2,1-4H3,(H,14,15,16). The van der Waals surface area contributed by atoms with Gasteiger partial charge in [0.2, 0.25) is 11.8 Å². The van der Waals surface area contributed by atoms with E-state index in [9.17, 15) is 0 Å². The topological polar surface area (TPSA) is 59.1 Å². The summed E-state index contributed by atoms with van der Waals surface area (Å²) in [7, 11) is 1.95. The van der Waals surface area contributed by atoms with Crippen molar-refractivity contribution in [3.63, 3.8) is 0 Å². The minimum absolute atomic E-state index is 0.527. The highest BCUT2D eigenvalue weighted by Gasteiger charge is 2.05. The lowest BCUT2D eigenvalue weighted by atomic mass is 10.2. The van der Waals surface area contributed by atoms with E-state index in [1.54, 1.807) is 0 Å². The molecular weight excluding hydrogens is 216 g/mol. The molecule has 0 aliphatic carbocycles. The van der Waals surface area contributed by atoms with Crippen LogP contribution in [0.3, 0.4) is 0 Å². The molecule has 1 rings (SSSR count). The average molecular weight is 238 g/mol. The van der Waals surface area contributed by atoms with Gasteiger partial charge in [-0.25, -0.2) is 4.98 Å². The van der Waals surface area contributed by atoms with Gasteiger partial charge >= 0.3 is 0 Å². The van der Waals surface area contributed by atoms with E-state index in [-0.39, 0.29) is 0 Å². The van der Waals surface area contributed by atoms with E-state index in [1.165, 1.54) is 0 Å². The van der Waals surface area contributed by atoms with Gasteiger partial charge in [-0.05, 0) is 33.4 Å². The quantitative estimate of drug-likeness (QED) is 0.753. The van der Waals surface area contributed by atoms with E-state index >= 15 is 0 Å². The molecule has 0 saturated carbocycles. The summed E-state index contributed by atoms with van der Waals surface area (Å²) in [6.07, 6.45) is 0. The Hall–Kier alpha value is -1.36. The minimum atomic E-state index is 0.527. The first-order chi connectivity index (χ1) is 8.15. The van der Waals surface area contributed by atoms with Crippen molar-refractivity contribution in [2.75, 3.05) is 32.1 Å². The predicted molar refractivity (Wildman–Crippen MR) is 69.5 cm³/mol. The number of anilines is 1. The molecule has 1 aromatic heterocycles. The van der Waals surface area contributed by atoms with Crippen LogP contribution in [0.15, 0.2) is 6.07 Å². The molecule has 1 atom stereocenters. The molecule has 0 aliphatic heterocycles. The maximum Gasteiger partial charge on any atom is 0.226 e. The van der Waals surface area contributed by atoms with Crippen molar-refractivity contribution in [2.24, 2.45) is 5.92 Å². The van der Waals surface area contributed by atoms with Crippen molar-refractivity contribution in [3.8, 4) is 5.88 Å². The van der Waals surface area contributed by atoms with Gasteiger partial charge in [-0.1, -0.05) is 6.92 Å². The highest BCUT2D eigenvalue weighted by molar-refractivity contribution is 5.30. The van der Waals surface area contributed by atoms with Crippen LogP contribution in [0.2, 0.25) is 0 Å². The van der Waals surface area contributed by atoms with Gasteiger partial charge < -0.3 is 15.4 Å². The van der Waals surface area contributed by atoms with Crippen LogP contribution in [-0.2, 0) is 0 Å². The molecule has 0 spiro atoms. The van der Waals surface area contributed by atoms with E-state index in [2.05, 4.69) is 27.5 Å². The molecule has 0 amide bonds. The summed E-state index contributed by atoms with van der Waals surface area (Å²) < 4.78 is 5.38. The van der Waals surface area contributed by atoms with E-state index in [0.717, 1.165) is 18.8 Å². The lowest BCUT2D eigenvalue weighted by molar-refractivity contribution is 0.326. The molecule has 0 saturated heterocycles. The summed E-state index contributed by atoms with van der Waals surface area (Å²) in [5, 5.41) is 6.37. The van der Waals surface area contributed by atoms with Gasteiger partial charge in [0, 0.05) is 18.3 Å². The third-order valence-corrected chi connectivity index (χ3v) is 2.28. The monoisotopic (exact) mass is 238 g/mol. The zero-order chi connectivity index (χ0) is 12.7. The Balaban J connectivity index is 2.57. The molecule has 2 N–H and O–H groups in total. The van der Waals surface area contributed by atoms with Gasteiger partial charge in [-0.15, -0.1) is 0 Å². The summed E-state index contributed by atoms with van der Waals surface area (Å²) in [5.74, 6) is 1.79. The lowest BCUT2D eigenvalue weighted by Gasteiger charge is -2.12. The molecule has 1 heterocycles. The molecular formula is C12H22N4O. The van der Waals surface area contributed by atoms with Crippen molar-refractivity contribution in [1.82, 2.24) is 15.3 Å². The fourth-order valence-electron chi connectivity index (χ4n) is 1.53. The maximum atomic E-state index is 5.38. The highest BCUT2D eigenvalue weighted by atomic mass is 16.5. The summed E-state index contributed by atoms with van der Waals surface area (Å²) >= 11 is 0. The lowest BCUT2D eigenvalue weighted by Crippen LogP contribution is -2.23. The number of nitrogens with one attached hydrogen (secondary N) is 2. The van der Waals surface area contributed by atoms with Crippen molar-refractivity contribution in [2.45, 2.75) is 20.8 Å². The summed E-state index contributed by atoms with van der Waals surface area (Å²) in [6.45, 7) is 8.48. The second-order valence-corrected chi connectivity index (χ2v) is 4.15. The van der Waals surface area contributed by atoms with Gasteiger partial charge in [0.25, 0.3) is 0 Å². The van der Waals surface area contributed by atoms with Crippen LogP contribution in [0.5, 0.6) is 5.88 Å². The Kier molecular flexibility index (Phi) is 5.69. The van der Waals surface area contributed by atoms with Crippen molar-refractivity contribution < 1.29 is 4.74 Å².